The van der Waals surface area contributed by atoms with Gasteiger partial charge in [-0.05, 0) is 55.3 Å². The van der Waals surface area contributed by atoms with E-state index in [1.165, 1.54) is 11.8 Å². The highest BCUT2D eigenvalue weighted by Gasteiger charge is 2.07. The zero-order valence-corrected chi connectivity index (χ0v) is 16.5. The molecule has 7 heteroatoms. The lowest BCUT2D eigenvalue weighted by molar-refractivity contribution is -0.118. The predicted molar refractivity (Wildman–Crippen MR) is 114 cm³/mol. The molecule has 0 saturated heterocycles. The van der Waals surface area contributed by atoms with Crippen LogP contribution in [-0.2, 0) is 4.79 Å². The van der Waals surface area contributed by atoms with Gasteiger partial charge in [0, 0.05) is 0 Å². The van der Waals surface area contributed by atoms with Crippen LogP contribution >= 0.6 is 11.8 Å². The summed E-state index contributed by atoms with van der Waals surface area (Å²) in [5.74, 6) is 0.839. The highest BCUT2D eigenvalue weighted by molar-refractivity contribution is 7.99. The van der Waals surface area contributed by atoms with E-state index in [-0.39, 0.29) is 11.7 Å². The maximum Gasteiger partial charge on any atom is 0.250 e. The van der Waals surface area contributed by atoms with E-state index in [1.54, 1.807) is 0 Å². The summed E-state index contributed by atoms with van der Waals surface area (Å²) in [6.07, 6.45) is 2.63. The number of H-pyrrole nitrogens is 1. The third-order valence-corrected chi connectivity index (χ3v) is 4.79. The van der Waals surface area contributed by atoms with Gasteiger partial charge in [0.05, 0.1) is 29.1 Å². The van der Waals surface area contributed by atoms with Crippen LogP contribution in [-0.4, -0.2) is 33.9 Å². The number of hydrazone groups is 1. The van der Waals surface area contributed by atoms with Crippen molar-refractivity contribution in [2.75, 3.05) is 12.4 Å². The molecule has 1 aromatic heterocycles. The van der Waals surface area contributed by atoms with Crippen LogP contribution in [0, 0.1) is 0 Å². The summed E-state index contributed by atoms with van der Waals surface area (Å²) in [4.78, 5) is 19.7. The molecule has 3 rings (SSSR count). The van der Waals surface area contributed by atoms with Crippen LogP contribution in [0.5, 0.6) is 5.75 Å². The van der Waals surface area contributed by atoms with Gasteiger partial charge in [-0.25, -0.2) is 10.4 Å². The van der Waals surface area contributed by atoms with Gasteiger partial charge in [0.1, 0.15) is 5.75 Å². The summed E-state index contributed by atoms with van der Waals surface area (Å²) in [5, 5.41) is 4.89. The Bertz CT molecular complexity index is 946. The molecule has 2 N–H and O–H groups in total. The minimum atomic E-state index is -0.186. The van der Waals surface area contributed by atoms with Crippen molar-refractivity contribution in [2.24, 2.45) is 5.10 Å². The number of aromatic nitrogens is 2. The lowest BCUT2D eigenvalue weighted by Crippen LogP contribution is -2.21. The number of thioether (sulfide) groups is 1. The maximum absolute atomic E-state index is 12.1. The number of aromatic amines is 1. The maximum atomic E-state index is 12.1. The Labute approximate surface area is 168 Å². The number of amides is 1. The summed E-state index contributed by atoms with van der Waals surface area (Å²) in [7, 11) is 0. The number of fused-ring (bicyclic) bond motifs is 1. The molecule has 3 aromatic rings. The van der Waals surface area contributed by atoms with Crippen LogP contribution in [0.25, 0.3) is 11.0 Å². The van der Waals surface area contributed by atoms with Crippen molar-refractivity contribution in [3.8, 4) is 5.75 Å². The second-order valence-corrected chi connectivity index (χ2v) is 6.99. The number of hydrogen-bond donors (Lipinski definition) is 2. The first-order valence-corrected chi connectivity index (χ1v) is 9.89. The van der Waals surface area contributed by atoms with E-state index in [0.717, 1.165) is 34.5 Å². The summed E-state index contributed by atoms with van der Waals surface area (Å²) in [6, 6.07) is 15.4. The Balaban J connectivity index is 1.49. The van der Waals surface area contributed by atoms with Crippen LogP contribution in [0.3, 0.4) is 0 Å². The van der Waals surface area contributed by atoms with E-state index in [4.69, 9.17) is 4.74 Å². The van der Waals surface area contributed by atoms with Crippen molar-refractivity contribution in [1.29, 1.82) is 0 Å². The molecule has 0 bridgehead atoms. The number of ether oxygens (including phenoxy) is 1. The van der Waals surface area contributed by atoms with Crippen LogP contribution < -0.4 is 10.2 Å². The molecule has 0 saturated carbocycles. The van der Waals surface area contributed by atoms with Gasteiger partial charge in [-0.15, -0.1) is 6.58 Å². The molecular formula is C21H22N4O2S. The van der Waals surface area contributed by atoms with Crippen LogP contribution in [0.1, 0.15) is 18.9 Å². The van der Waals surface area contributed by atoms with Crippen molar-refractivity contribution in [2.45, 2.75) is 18.5 Å². The highest BCUT2D eigenvalue weighted by atomic mass is 32.2. The third-order valence-electron chi connectivity index (χ3n) is 3.92. The minimum Gasteiger partial charge on any atom is -0.493 e. The topological polar surface area (TPSA) is 79.4 Å². The van der Waals surface area contributed by atoms with Gasteiger partial charge in [0.15, 0.2) is 5.16 Å². The Morgan fingerprint density at radius 1 is 1.29 bits per heavy atom. The Morgan fingerprint density at radius 2 is 2.07 bits per heavy atom. The number of carbonyl (C=O) groups is 1. The molecule has 0 aliphatic heterocycles. The zero-order valence-electron chi connectivity index (χ0n) is 15.6. The molecule has 0 fully saturated rings. The van der Waals surface area contributed by atoms with Crippen molar-refractivity contribution < 1.29 is 9.53 Å². The Kier molecular flexibility index (Phi) is 6.86. The number of benzene rings is 2. The van der Waals surface area contributed by atoms with Gasteiger partial charge in [-0.3, -0.25) is 4.79 Å². The van der Waals surface area contributed by atoms with Gasteiger partial charge in [0.25, 0.3) is 5.91 Å². The number of para-hydroxylation sites is 2. The summed E-state index contributed by atoms with van der Waals surface area (Å²) in [5.41, 5.74) is 6.07. The fraction of sp³-hybridized carbons (Fsp3) is 0.190. The van der Waals surface area contributed by atoms with Crippen molar-refractivity contribution >= 4 is 34.4 Å². The number of nitrogens with one attached hydrogen (secondary N) is 2. The molecular weight excluding hydrogens is 372 g/mol. The quantitative estimate of drug-likeness (QED) is 0.188. The largest absolute Gasteiger partial charge is 0.493 e. The molecule has 0 atom stereocenters. The van der Waals surface area contributed by atoms with Gasteiger partial charge < -0.3 is 9.72 Å². The Morgan fingerprint density at radius 3 is 2.82 bits per heavy atom. The summed E-state index contributed by atoms with van der Waals surface area (Å²) >= 11 is 1.34. The van der Waals surface area contributed by atoms with Crippen molar-refractivity contribution in [3.05, 3.63) is 66.7 Å². The second kappa shape index (κ2) is 9.75. The first-order valence-electron chi connectivity index (χ1n) is 8.90. The highest BCUT2D eigenvalue weighted by Crippen LogP contribution is 2.18. The molecule has 2 aromatic carbocycles. The summed E-state index contributed by atoms with van der Waals surface area (Å²) in [6.45, 7) is 6.12. The van der Waals surface area contributed by atoms with E-state index < -0.39 is 0 Å². The smallest absolute Gasteiger partial charge is 0.250 e. The van der Waals surface area contributed by atoms with Crippen molar-refractivity contribution in [3.63, 3.8) is 0 Å². The molecule has 0 unspecified atom stereocenters. The monoisotopic (exact) mass is 394 g/mol. The van der Waals surface area contributed by atoms with Gasteiger partial charge >= 0.3 is 0 Å². The molecule has 28 heavy (non-hydrogen) atoms. The van der Waals surface area contributed by atoms with Crippen LogP contribution in [0.4, 0.5) is 0 Å². The number of nitrogens with zero attached hydrogens (tertiary/aromatic N) is 2. The van der Waals surface area contributed by atoms with Gasteiger partial charge in [0.2, 0.25) is 0 Å². The first kappa shape index (κ1) is 19.7. The van der Waals surface area contributed by atoms with Crippen LogP contribution in [0.2, 0.25) is 0 Å². The number of rotatable bonds is 9. The lowest BCUT2D eigenvalue weighted by Gasteiger charge is -2.06. The minimum absolute atomic E-state index is 0.186. The molecule has 0 radical (unpaired) electrons. The van der Waals surface area contributed by atoms with E-state index in [1.807, 2.05) is 61.5 Å². The molecule has 6 nitrogen and oxygen atoms in total. The van der Waals surface area contributed by atoms with Gasteiger partial charge in [-0.2, -0.15) is 5.10 Å². The normalized spacial score (nSPS) is 11.4. The standard InChI is InChI=1S/C21H22N4O2S/c1-3-4-13-27-17-11-9-16(10-12-17)15(2)24-25-20(26)14-28-21-22-18-7-5-6-8-19(18)23-21/h3,5-12H,1,4,13-14H2,2H3,(H,22,23)(H,25,26)/b24-15-. The number of carbonyl (C=O) groups excluding carboxylic acids is 1. The third kappa shape index (κ3) is 5.47. The Hall–Kier alpha value is -3.06. The fourth-order valence-corrected chi connectivity index (χ4v) is 3.10. The van der Waals surface area contributed by atoms with Crippen molar-refractivity contribution in [1.82, 2.24) is 15.4 Å². The fourth-order valence-electron chi connectivity index (χ4n) is 2.43. The number of imidazole rings is 1. The van der Waals surface area contributed by atoms with E-state index >= 15 is 0 Å². The van der Waals surface area contributed by atoms with E-state index in [9.17, 15) is 4.79 Å². The summed E-state index contributed by atoms with van der Waals surface area (Å²) < 4.78 is 5.58. The molecule has 0 aliphatic carbocycles. The molecule has 144 valence electrons. The second-order valence-electron chi connectivity index (χ2n) is 6.03. The lowest BCUT2D eigenvalue weighted by atomic mass is 10.1. The first-order chi connectivity index (χ1) is 13.7. The predicted octanol–water partition coefficient (Wildman–Crippen LogP) is 4.15. The van der Waals surface area contributed by atoms with E-state index in [2.05, 4.69) is 27.1 Å². The molecule has 1 amide bonds. The number of hydrogen-bond acceptors (Lipinski definition) is 5. The average Bonchev–Trinajstić information content (AvgIpc) is 3.14. The SMILES string of the molecule is C=CCCOc1ccc(/C(C)=N\NC(=O)CSc2nc3ccccc3[nH]2)cc1. The van der Waals surface area contributed by atoms with Crippen LogP contribution in [0.15, 0.2) is 71.4 Å². The molecule has 1 heterocycles. The molecule has 0 spiro atoms. The van der Waals surface area contributed by atoms with Gasteiger partial charge in [-0.1, -0.05) is 30.0 Å². The van der Waals surface area contributed by atoms with E-state index in [0.29, 0.717) is 11.8 Å². The average molecular weight is 395 g/mol. The zero-order chi connectivity index (χ0) is 19.8. The molecule has 0 aliphatic rings.